The Morgan fingerprint density at radius 2 is 2.11 bits per heavy atom. The monoisotopic (exact) mass is 284 g/mol. The van der Waals surface area contributed by atoms with Gasteiger partial charge in [0.1, 0.15) is 12.4 Å². The molecule has 1 aromatic carbocycles. The summed E-state index contributed by atoms with van der Waals surface area (Å²) in [6, 6.07) is 2.26. The maximum absolute atomic E-state index is 13.8. The van der Waals surface area contributed by atoms with Crippen molar-refractivity contribution >= 4 is 34.9 Å². The number of fused-ring (bicyclic) bond motifs is 1. The molecule has 2 rings (SSSR count). The predicted octanol–water partition coefficient (Wildman–Crippen LogP) is 1.14. The first kappa shape index (κ1) is 13.5. The summed E-state index contributed by atoms with van der Waals surface area (Å²) in [7, 11) is 0. The quantitative estimate of drug-likeness (QED) is 0.847. The first-order valence-electron chi connectivity index (χ1n) is 5.58. The second-order valence-electron chi connectivity index (χ2n) is 3.93. The summed E-state index contributed by atoms with van der Waals surface area (Å²) in [4.78, 5) is 35.8. The minimum absolute atomic E-state index is 0.00634. The molecule has 1 aliphatic heterocycles. The maximum atomic E-state index is 13.8. The van der Waals surface area contributed by atoms with E-state index in [1.165, 1.54) is 6.07 Å². The number of hydrogen-bond donors (Lipinski definition) is 1. The molecule has 0 radical (unpaired) electrons. The normalized spacial score (nSPS) is 13.7. The number of hydrogen-bond acceptors (Lipinski definition) is 3. The Hall–Kier alpha value is -1.95. The molecule has 1 heterocycles. The molecule has 100 valence electrons. The molecule has 0 bridgehead atoms. The van der Waals surface area contributed by atoms with E-state index in [-0.39, 0.29) is 16.3 Å². The number of nitrogens with one attached hydrogen (secondary N) is 1. The third kappa shape index (κ3) is 2.19. The molecule has 7 heteroatoms. The average Bonchev–Trinajstić information content (AvgIpc) is 2.60. The summed E-state index contributed by atoms with van der Waals surface area (Å²) in [6.07, 6.45) is 0. The number of ketones is 1. The van der Waals surface area contributed by atoms with Gasteiger partial charge in [-0.05, 0) is 19.1 Å². The molecule has 0 atom stereocenters. The van der Waals surface area contributed by atoms with Gasteiger partial charge >= 0.3 is 0 Å². The van der Waals surface area contributed by atoms with E-state index in [1.54, 1.807) is 6.92 Å². The van der Waals surface area contributed by atoms with Crippen molar-refractivity contribution in [1.29, 1.82) is 0 Å². The smallest absolute Gasteiger partial charge is 0.300 e. The highest BCUT2D eigenvalue weighted by molar-refractivity contribution is 6.55. The van der Waals surface area contributed by atoms with Crippen LogP contribution in [-0.2, 0) is 9.59 Å². The molecule has 0 saturated carbocycles. The van der Waals surface area contributed by atoms with Crippen LogP contribution in [0.15, 0.2) is 12.1 Å². The predicted molar refractivity (Wildman–Crippen MR) is 66.8 cm³/mol. The molecular formula is C12H10ClFN2O3. The minimum atomic E-state index is -0.951. The zero-order chi connectivity index (χ0) is 14.2. The summed E-state index contributed by atoms with van der Waals surface area (Å²) in [5.74, 6) is -3.09. The lowest BCUT2D eigenvalue weighted by Gasteiger charge is -2.16. The third-order valence-corrected chi connectivity index (χ3v) is 3.00. The molecule has 0 aromatic heterocycles. The fourth-order valence-electron chi connectivity index (χ4n) is 1.90. The summed E-state index contributed by atoms with van der Waals surface area (Å²) < 4.78 is 13.8. The van der Waals surface area contributed by atoms with Gasteiger partial charge in [-0.25, -0.2) is 4.39 Å². The zero-order valence-electron chi connectivity index (χ0n) is 10.00. The Bertz CT molecular complexity index is 589. The van der Waals surface area contributed by atoms with E-state index >= 15 is 0 Å². The number of benzene rings is 1. The number of Topliss-reactive ketones (excluding diaryl/α,β-unsaturated/α-hetero) is 1. The van der Waals surface area contributed by atoms with Gasteiger partial charge in [-0.15, -0.1) is 0 Å². The fourth-order valence-corrected chi connectivity index (χ4v) is 2.14. The van der Waals surface area contributed by atoms with Gasteiger partial charge in [0.15, 0.2) is 0 Å². The third-order valence-electron chi connectivity index (χ3n) is 2.69. The van der Waals surface area contributed by atoms with Crippen LogP contribution in [0.2, 0.25) is 5.02 Å². The first-order valence-corrected chi connectivity index (χ1v) is 5.96. The van der Waals surface area contributed by atoms with Gasteiger partial charge in [0.2, 0.25) is 5.91 Å². The molecular weight excluding hydrogens is 275 g/mol. The zero-order valence-corrected chi connectivity index (χ0v) is 10.8. The molecule has 2 amide bonds. The number of nitrogens with zero attached hydrogens (tertiary/aromatic N) is 1. The van der Waals surface area contributed by atoms with Crippen LogP contribution in [0.4, 0.5) is 10.1 Å². The Morgan fingerprint density at radius 3 is 2.74 bits per heavy atom. The Kier molecular flexibility index (Phi) is 3.53. The van der Waals surface area contributed by atoms with Gasteiger partial charge in [0.05, 0.1) is 16.3 Å². The second kappa shape index (κ2) is 4.97. The minimum Gasteiger partial charge on any atom is -0.355 e. The molecule has 0 fully saturated rings. The summed E-state index contributed by atoms with van der Waals surface area (Å²) in [6.45, 7) is 1.67. The molecule has 0 aliphatic carbocycles. The number of likely N-dealkylation sites (N-methyl/N-ethyl adjacent to an activating group) is 1. The highest BCUT2D eigenvalue weighted by atomic mass is 35.5. The van der Waals surface area contributed by atoms with E-state index in [1.807, 2.05) is 0 Å². The van der Waals surface area contributed by atoms with Crippen LogP contribution in [0.3, 0.4) is 0 Å². The van der Waals surface area contributed by atoms with Gasteiger partial charge in [-0.2, -0.15) is 0 Å². The van der Waals surface area contributed by atoms with Crippen molar-refractivity contribution in [1.82, 2.24) is 5.32 Å². The molecule has 0 unspecified atom stereocenters. The Balaban J connectivity index is 2.44. The van der Waals surface area contributed by atoms with Crippen molar-refractivity contribution in [2.75, 3.05) is 18.0 Å². The number of carbonyl (C=O) groups excluding carboxylic acids is 3. The van der Waals surface area contributed by atoms with E-state index in [4.69, 9.17) is 11.6 Å². The first-order chi connectivity index (χ1) is 8.97. The average molecular weight is 285 g/mol. The molecule has 1 aromatic rings. The summed E-state index contributed by atoms with van der Waals surface area (Å²) in [5, 5.41) is 2.47. The van der Waals surface area contributed by atoms with Crippen molar-refractivity contribution in [2.24, 2.45) is 0 Å². The van der Waals surface area contributed by atoms with E-state index in [9.17, 15) is 18.8 Å². The van der Waals surface area contributed by atoms with E-state index in [0.29, 0.717) is 6.54 Å². The standard InChI is InChI=1S/C12H10ClFN2O3/c1-2-15-8(17)5-16-10-7(14)4-3-6(13)9(10)11(18)12(16)19/h3-4H,2,5H2,1H3,(H,15,17). The second-order valence-corrected chi connectivity index (χ2v) is 4.33. The molecule has 19 heavy (non-hydrogen) atoms. The number of halogens is 2. The summed E-state index contributed by atoms with van der Waals surface area (Å²) in [5.41, 5.74) is -0.412. The molecule has 0 saturated heterocycles. The lowest BCUT2D eigenvalue weighted by atomic mass is 10.1. The van der Waals surface area contributed by atoms with Gasteiger partial charge in [-0.3, -0.25) is 19.3 Å². The lowest BCUT2D eigenvalue weighted by molar-refractivity contribution is -0.122. The highest BCUT2D eigenvalue weighted by Crippen LogP contribution is 2.36. The van der Waals surface area contributed by atoms with Crippen LogP contribution in [0.1, 0.15) is 17.3 Å². The van der Waals surface area contributed by atoms with Crippen molar-refractivity contribution in [3.05, 3.63) is 28.5 Å². The van der Waals surface area contributed by atoms with Gasteiger partial charge in [0, 0.05) is 6.54 Å². The molecule has 1 N–H and O–H groups in total. The number of rotatable bonds is 3. The van der Waals surface area contributed by atoms with Crippen LogP contribution in [-0.4, -0.2) is 30.7 Å². The largest absolute Gasteiger partial charge is 0.355 e. The molecule has 1 aliphatic rings. The Morgan fingerprint density at radius 1 is 1.42 bits per heavy atom. The molecule has 5 nitrogen and oxygen atoms in total. The van der Waals surface area contributed by atoms with Crippen molar-refractivity contribution in [3.8, 4) is 0 Å². The highest BCUT2D eigenvalue weighted by Gasteiger charge is 2.40. The van der Waals surface area contributed by atoms with Crippen molar-refractivity contribution in [3.63, 3.8) is 0 Å². The number of carbonyl (C=O) groups is 3. The van der Waals surface area contributed by atoms with Crippen LogP contribution in [0, 0.1) is 5.82 Å². The van der Waals surface area contributed by atoms with Crippen molar-refractivity contribution in [2.45, 2.75) is 6.92 Å². The fraction of sp³-hybridized carbons (Fsp3) is 0.250. The van der Waals surface area contributed by atoms with Crippen LogP contribution in [0.25, 0.3) is 0 Å². The SMILES string of the molecule is CCNC(=O)CN1C(=O)C(=O)c2c(Cl)ccc(F)c21. The van der Waals surface area contributed by atoms with Gasteiger partial charge in [0.25, 0.3) is 11.7 Å². The van der Waals surface area contributed by atoms with E-state index in [0.717, 1.165) is 11.0 Å². The van der Waals surface area contributed by atoms with E-state index in [2.05, 4.69) is 5.32 Å². The number of anilines is 1. The Labute approximate surface area is 113 Å². The maximum Gasteiger partial charge on any atom is 0.300 e. The van der Waals surface area contributed by atoms with E-state index < -0.39 is 30.0 Å². The lowest BCUT2D eigenvalue weighted by Crippen LogP contribution is -2.40. The van der Waals surface area contributed by atoms with Crippen LogP contribution < -0.4 is 10.2 Å². The van der Waals surface area contributed by atoms with Gasteiger partial charge < -0.3 is 5.32 Å². The summed E-state index contributed by atoms with van der Waals surface area (Å²) >= 11 is 5.80. The number of amides is 2. The van der Waals surface area contributed by atoms with Crippen molar-refractivity contribution < 1.29 is 18.8 Å². The van der Waals surface area contributed by atoms with Crippen LogP contribution >= 0.6 is 11.6 Å². The topological polar surface area (TPSA) is 66.5 Å². The molecule has 0 spiro atoms. The van der Waals surface area contributed by atoms with Gasteiger partial charge in [-0.1, -0.05) is 11.6 Å². The van der Waals surface area contributed by atoms with Crippen LogP contribution in [0.5, 0.6) is 0 Å².